The minimum absolute atomic E-state index is 0.0160. The number of carbonyl (C=O) groups excluding carboxylic acids is 2. The van der Waals surface area contributed by atoms with Gasteiger partial charge in [0.25, 0.3) is 0 Å². The van der Waals surface area contributed by atoms with Gasteiger partial charge in [0.2, 0.25) is 5.91 Å². The number of carbonyl (C=O) groups is 3. The molecule has 0 aromatic heterocycles. The average Bonchev–Trinajstić information content (AvgIpc) is 2.39. The number of aryl methyl sites for hydroxylation is 1. The molecule has 0 aliphatic heterocycles. The number of anilines is 1. The summed E-state index contributed by atoms with van der Waals surface area (Å²) in [7, 11) is 1.44. The molecule has 0 saturated heterocycles. The highest BCUT2D eigenvalue weighted by Gasteiger charge is 2.22. The van der Waals surface area contributed by atoms with E-state index in [9.17, 15) is 14.4 Å². The summed E-state index contributed by atoms with van der Waals surface area (Å²) < 4.78 is 0. The predicted octanol–water partition coefficient (Wildman–Crippen LogP) is 0.813. The van der Waals surface area contributed by atoms with Crippen molar-refractivity contribution in [2.45, 2.75) is 13.3 Å². The number of aliphatic carboxylic acids is 1. The van der Waals surface area contributed by atoms with Crippen molar-refractivity contribution in [3.8, 4) is 0 Å². The summed E-state index contributed by atoms with van der Waals surface area (Å²) in [5.74, 6) is -1.63. The number of nitrogens with two attached hydrogens (primary N) is 1. The lowest BCUT2D eigenvalue weighted by Gasteiger charge is -2.28. The molecule has 0 saturated carbocycles. The summed E-state index contributed by atoms with van der Waals surface area (Å²) in [6.45, 7) is 1.61. The van der Waals surface area contributed by atoms with Crippen LogP contribution in [-0.2, 0) is 9.59 Å². The number of hydrogen-bond acceptors (Lipinski definition) is 3. The molecule has 7 nitrogen and oxygen atoms in total. The Bertz CT molecular complexity index is 545. The summed E-state index contributed by atoms with van der Waals surface area (Å²) >= 11 is 0. The molecule has 0 bridgehead atoms. The SMILES string of the molecule is Cc1ccccc1N(CCC(=O)O)C(=O)N(C)CC(N)=O. The van der Waals surface area contributed by atoms with Crippen LogP contribution in [0.4, 0.5) is 10.5 Å². The number of hydrogen-bond donors (Lipinski definition) is 2. The van der Waals surface area contributed by atoms with E-state index in [0.29, 0.717) is 5.69 Å². The van der Waals surface area contributed by atoms with E-state index in [2.05, 4.69) is 0 Å². The molecule has 7 heteroatoms. The Hall–Kier alpha value is -2.57. The molecule has 1 rings (SSSR count). The molecular formula is C14H19N3O4. The first-order valence-corrected chi connectivity index (χ1v) is 6.41. The maximum Gasteiger partial charge on any atom is 0.324 e. The number of likely N-dealkylation sites (N-methyl/N-ethyl adjacent to an activating group) is 1. The molecule has 0 radical (unpaired) electrons. The number of rotatable bonds is 6. The Morgan fingerprint density at radius 1 is 1.24 bits per heavy atom. The molecule has 0 aliphatic carbocycles. The van der Waals surface area contributed by atoms with Crippen molar-refractivity contribution in [3.05, 3.63) is 29.8 Å². The quantitative estimate of drug-likeness (QED) is 0.810. The Morgan fingerprint density at radius 3 is 2.38 bits per heavy atom. The fourth-order valence-electron chi connectivity index (χ4n) is 1.90. The zero-order valence-corrected chi connectivity index (χ0v) is 12.1. The maximum atomic E-state index is 12.4. The van der Waals surface area contributed by atoms with Crippen LogP contribution in [-0.4, -0.2) is 48.1 Å². The van der Waals surface area contributed by atoms with E-state index < -0.39 is 17.9 Å². The molecule has 21 heavy (non-hydrogen) atoms. The molecule has 3 N–H and O–H groups in total. The van der Waals surface area contributed by atoms with Gasteiger partial charge in [0, 0.05) is 19.3 Å². The molecule has 0 unspecified atom stereocenters. The summed E-state index contributed by atoms with van der Waals surface area (Å²) in [5.41, 5.74) is 6.52. The summed E-state index contributed by atoms with van der Waals surface area (Å²) in [4.78, 5) is 36.6. The fourth-order valence-corrected chi connectivity index (χ4v) is 1.90. The van der Waals surface area contributed by atoms with Crippen LogP contribution in [0.15, 0.2) is 24.3 Å². The van der Waals surface area contributed by atoms with Gasteiger partial charge in [-0.2, -0.15) is 0 Å². The first kappa shape index (κ1) is 16.5. The van der Waals surface area contributed by atoms with Crippen LogP contribution >= 0.6 is 0 Å². The van der Waals surface area contributed by atoms with Gasteiger partial charge in [0.15, 0.2) is 0 Å². The average molecular weight is 293 g/mol. The molecule has 1 aromatic carbocycles. The lowest BCUT2D eigenvalue weighted by molar-refractivity contribution is -0.136. The highest BCUT2D eigenvalue weighted by molar-refractivity contribution is 5.95. The molecule has 114 valence electrons. The van der Waals surface area contributed by atoms with Gasteiger partial charge < -0.3 is 15.7 Å². The fraction of sp³-hybridized carbons (Fsp3) is 0.357. The first-order valence-electron chi connectivity index (χ1n) is 6.41. The van der Waals surface area contributed by atoms with Crippen LogP contribution in [0, 0.1) is 6.92 Å². The van der Waals surface area contributed by atoms with Crippen molar-refractivity contribution in [1.82, 2.24) is 4.90 Å². The number of benzene rings is 1. The molecule has 3 amide bonds. The van der Waals surface area contributed by atoms with Gasteiger partial charge in [-0.25, -0.2) is 4.79 Å². The van der Waals surface area contributed by atoms with Crippen LogP contribution in [0.5, 0.6) is 0 Å². The van der Waals surface area contributed by atoms with E-state index in [0.717, 1.165) is 10.5 Å². The highest BCUT2D eigenvalue weighted by atomic mass is 16.4. The third kappa shape index (κ3) is 4.79. The zero-order valence-electron chi connectivity index (χ0n) is 12.1. The zero-order chi connectivity index (χ0) is 16.0. The predicted molar refractivity (Wildman–Crippen MR) is 78.0 cm³/mol. The Morgan fingerprint density at radius 2 is 1.86 bits per heavy atom. The molecule has 1 aromatic rings. The van der Waals surface area contributed by atoms with Gasteiger partial charge in [-0.1, -0.05) is 18.2 Å². The van der Waals surface area contributed by atoms with Crippen molar-refractivity contribution in [2.24, 2.45) is 5.73 Å². The highest BCUT2D eigenvalue weighted by Crippen LogP contribution is 2.21. The number of carboxylic acid groups (broad SMARTS) is 1. The van der Waals surface area contributed by atoms with Crippen molar-refractivity contribution >= 4 is 23.6 Å². The van der Waals surface area contributed by atoms with E-state index in [1.165, 1.54) is 11.9 Å². The first-order chi connectivity index (χ1) is 9.82. The van der Waals surface area contributed by atoms with Crippen molar-refractivity contribution in [1.29, 1.82) is 0 Å². The smallest absolute Gasteiger partial charge is 0.324 e. The number of amides is 3. The minimum Gasteiger partial charge on any atom is -0.481 e. The normalized spacial score (nSPS) is 10.0. The van der Waals surface area contributed by atoms with E-state index in [1.54, 1.807) is 12.1 Å². The van der Waals surface area contributed by atoms with Gasteiger partial charge in [-0.3, -0.25) is 14.5 Å². The van der Waals surface area contributed by atoms with Gasteiger partial charge in [-0.05, 0) is 18.6 Å². The molecular weight excluding hydrogens is 274 g/mol. The second-order valence-corrected chi connectivity index (χ2v) is 4.69. The van der Waals surface area contributed by atoms with Crippen LogP contribution in [0.3, 0.4) is 0 Å². The molecule has 0 aliphatic rings. The summed E-state index contributed by atoms with van der Waals surface area (Å²) in [6.07, 6.45) is -0.190. The second-order valence-electron chi connectivity index (χ2n) is 4.69. The Kier molecular flexibility index (Phi) is 5.71. The van der Waals surface area contributed by atoms with Crippen LogP contribution < -0.4 is 10.6 Å². The number of urea groups is 1. The topological polar surface area (TPSA) is 104 Å². The largest absolute Gasteiger partial charge is 0.481 e. The number of carboxylic acids is 1. The van der Waals surface area contributed by atoms with Crippen LogP contribution in [0.1, 0.15) is 12.0 Å². The van der Waals surface area contributed by atoms with Crippen LogP contribution in [0.2, 0.25) is 0 Å². The summed E-state index contributed by atoms with van der Waals surface area (Å²) in [6, 6.07) is 6.67. The van der Waals surface area contributed by atoms with Gasteiger partial charge in [0.1, 0.15) is 6.54 Å². The van der Waals surface area contributed by atoms with Crippen molar-refractivity contribution < 1.29 is 19.5 Å². The van der Waals surface area contributed by atoms with E-state index in [4.69, 9.17) is 10.8 Å². The van der Waals surface area contributed by atoms with Crippen LogP contribution in [0.25, 0.3) is 0 Å². The molecule has 0 atom stereocenters. The number of para-hydroxylation sites is 1. The van der Waals surface area contributed by atoms with E-state index in [1.807, 2.05) is 19.1 Å². The monoisotopic (exact) mass is 293 g/mol. The van der Waals surface area contributed by atoms with Crippen molar-refractivity contribution in [3.63, 3.8) is 0 Å². The third-order valence-electron chi connectivity index (χ3n) is 2.91. The Balaban J connectivity index is 3.02. The number of primary amides is 1. The Labute approximate surface area is 122 Å². The van der Waals surface area contributed by atoms with Gasteiger partial charge in [0.05, 0.1) is 6.42 Å². The summed E-state index contributed by atoms with van der Waals surface area (Å²) in [5, 5.41) is 8.82. The molecule has 0 spiro atoms. The number of nitrogens with zero attached hydrogens (tertiary/aromatic N) is 2. The second kappa shape index (κ2) is 7.28. The van der Waals surface area contributed by atoms with Crippen molar-refractivity contribution in [2.75, 3.05) is 25.0 Å². The standard InChI is InChI=1S/C14H19N3O4/c1-10-5-3-4-6-11(10)17(8-7-13(19)20)14(21)16(2)9-12(15)18/h3-6H,7-9H2,1-2H3,(H2,15,18)(H,19,20). The van der Waals surface area contributed by atoms with E-state index in [-0.39, 0.29) is 19.5 Å². The lowest BCUT2D eigenvalue weighted by atomic mass is 10.2. The lowest BCUT2D eigenvalue weighted by Crippen LogP contribution is -2.45. The van der Waals surface area contributed by atoms with Gasteiger partial charge in [-0.15, -0.1) is 0 Å². The molecule has 0 heterocycles. The van der Waals surface area contributed by atoms with E-state index >= 15 is 0 Å². The maximum absolute atomic E-state index is 12.4. The molecule has 0 fully saturated rings. The third-order valence-corrected chi connectivity index (χ3v) is 2.91. The van der Waals surface area contributed by atoms with Gasteiger partial charge >= 0.3 is 12.0 Å². The minimum atomic E-state index is -1.00.